The van der Waals surface area contributed by atoms with Crippen LogP contribution in [0.25, 0.3) is 0 Å². The first-order valence-corrected chi connectivity index (χ1v) is 6.16. The Morgan fingerprint density at radius 1 is 1.15 bits per heavy atom. The molecule has 0 aromatic heterocycles. The number of nitrogens with zero attached hydrogens (tertiary/aromatic N) is 1. The lowest BCUT2D eigenvalue weighted by molar-refractivity contribution is 0.258. The van der Waals surface area contributed by atoms with E-state index in [-0.39, 0.29) is 6.61 Å². The zero-order chi connectivity index (χ0) is 14.4. The van der Waals surface area contributed by atoms with E-state index in [4.69, 9.17) is 14.7 Å². The van der Waals surface area contributed by atoms with Gasteiger partial charge in [0.1, 0.15) is 18.1 Å². The highest BCUT2D eigenvalue weighted by atomic mass is 16.5. The number of hydrogen-bond acceptors (Lipinski definition) is 4. The molecule has 0 aliphatic rings. The van der Waals surface area contributed by atoms with Crippen LogP contribution in [-0.4, -0.2) is 12.2 Å². The molecule has 0 saturated carbocycles. The monoisotopic (exact) mass is 269 g/mol. The maximum Gasteiger partial charge on any atom is 0.129 e. The normalized spacial score (nSPS) is 9.85. The Morgan fingerprint density at radius 2 is 1.90 bits per heavy atom. The van der Waals surface area contributed by atoms with E-state index < -0.39 is 0 Å². The van der Waals surface area contributed by atoms with Gasteiger partial charge in [-0.05, 0) is 29.8 Å². The van der Waals surface area contributed by atoms with Gasteiger partial charge in [-0.15, -0.1) is 0 Å². The first kappa shape index (κ1) is 13.9. The molecule has 0 aliphatic carbocycles. The van der Waals surface area contributed by atoms with Gasteiger partial charge in [-0.2, -0.15) is 5.26 Å². The second kappa shape index (κ2) is 6.60. The fourth-order valence-electron chi connectivity index (χ4n) is 1.76. The first-order chi connectivity index (χ1) is 9.76. The van der Waals surface area contributed by atoms with Crippen LogP contribution >= 0.6 is 0 Å². The predicted molar refractivity (Wildman–Crippen MR) is 74.4 cm³/mol. The summed E-state index contributed by atoms with van der Waals surface area (Å²) in [7, 11) is 1.58. The summed E-state index contributed by atoms with van der Waals surface area (Å²) < 4.78 is 10.8. The standard InChI is InChI=1S/C16H15NO3/c1-19-15-7-6-14(10-18)16(8-15)20-11-13-4-2-12(9-17)3-5-13/h2-8,18H,10-11H2,1H3. The molecule has 1 N–H and O–H groups in total. The molecule has 0 atom stereocenters. The summed E-state index contributed by atoms with van der Waals surface area (Å²) in [6.45, 7) is 0.276. The highest BCUT2D eigenvalue weighted by molar-refractivity contribution is 5.40. The van der Waals surface area contributed by atoms with Crippen LogP contribution in [0.4, 0.5) is 0 Å². The minimum atomic E-state index is -0.0906. The number of methoxy groups -OCH3 is 1. The SMILES string of the molecule is COc1ccc(CO)c(OCc2ccc(C#N)cc2)c1. The lowest BCUT2D eigenvalue weighted by atomic mass is 10.1. The maximum absolute atomic E-state index is 9.29. The van der Waals surface area contributed by atoms with Crippen molar-refractivity contribution >= 4 is 0 Å². The Labute approximate surface area is 117 Å². The van der Waals surface area contributed by atoms with Crippen LogP contribution in [0, 0.1) is 11.3 Å². The molecule has 2 aromatic carbocycles. The molecule has 0 unspecified atom stereocenters. The molecule has 0 heterocycles. The van der Waals surface area contributed by atoms with E-state index in [0.29, 0.717) is 29.2 Å². The molecule has 0 amide bonds. The molecule has 4 nitrogen and oxygen atoms in total. The molecule has 4 heteroatoms. The molecule has 0 saturated heterocycles. The van der Waals surface area contributed by atoms with Crippen LogP contribution in [0.1, 0.15) is 16.7 Å². The topological polar surface area (TPSA) is 62.5 Å². The fraction of sp³-hybridized carbons (Fsp3) is 0.188. The van der Waals surface area contributed by atoms with Gasteiger partial charge in [0.15, 0.2) is 0 Å². The third kappa shape index (κ3) is 3.28. The number of benzene rings is 2. The van der Waals surface area contributed by atoms with Crippen molar-refractivity contribution in [3.05, 3.63) is 59.2 Å². The summed E-state index contributed by atoms with van der Waals surface area (Å²) in [4.78, 5) is 0. The van der Waals surface area contributed by atoms with Gasteiger partial charge in [-0.1, -0.05) is 12.1 Å². The average Bonchev–Trinajstić information content (AvgIpc) is 2.53. The lowest BCUT2D eigenvalue weighted by Crippen LogP contribution is -1.99. The third-order valence-electron chi connectivity index (χ3n) is 2.92. The van der Waals surface area contributed by atoms with Crippen molar-refractivity contribution in [3.8, 4) is 17.6 Å². The first-order valence-electron chi connectivity index (χ1n) is 6.16. The molecule has 0 aliphatic heterocycles. The largest absolute Gasteiger partial charge is 0.497 e. The number of nitriles is 1. The van der Waals surface area contributed by atoms with Crippen LogP contribution in [-0.2, 0) is 13.2 Å². The van der Waals surface area contributed by atoms with Crippen molar-refractivity contribution in [1.82, 2.24) is 0 Å². The van der Waals surface area contributed by atoms with E-state index >= 15 is 0 Å². The fourth-order valence-corrected chi connectivity index (χ4v) is 1.76. The van der Waals surface area contributed by atoms with Gasteiger partial charge >= 0.3 is 0 Å². The molecule has 0 spiro atoms. The molecule has 2 rings (SSSR count). The Kier molecular flexibility index (Phi) is 4.59. The van der Waals surface area contributed by atoms with E-state index in [9.17, 15) is 5.11 Å². The molecule has 102 valence electrons. The van der Waals surface area contributed by atoms with E-state index in [1.807, 2.05) is 12.1 Å². The Balaban J connectivity index is 2.11. The van der Waals surface area contributed by atoms with Gasteiger partial charge in [0.25, 0.3) is 0 Å². The Bertz CT molecular complexity index is 615. The molecule has 0 radical (unpaired) electrons. The van der Waals surface area contributed by atoms with E-state index in [1.54, 1.807) is 37.4 Å². The minimum absolute atomic E-state index is 0.0906. The number of aliphatic hydroxyl groups excluding tert-OH is 1. The van der Waals surface area contributed by atoms with E-state index in [1.165, 1.54) is 0 Å². The summed E-state index contributed by atoms with van der Waals surface area (Å²) in [6.07, 6.45) is 0. The van der Waals surface area contributed by atoms with Crippen molar-refractivity contribution in [2.45, 2.75) is 13.2 Å². The molecular formula is C16H15NO3. The summed E-state index contributed by atoms with van der Waals surface area (Å²) in [5.74, 6) is 1.27. The Hall–Kier alpha value is -2.51. The van der Waals surface area contributed by atoms with Gasteiger partial charge in [0.05, 0.1) is 25.3 Å². The van der Waals surface area contributed by atoms with E-state index in [2.05, 4.69) is 6.07 Å². The molecule has 0 fully saturated rings. The summed E-state index contributed by atoms with van der Waals surface area (Å²) >= 11 is 0. The van der Waals surface area contributed by atoms with Crippen LogP contribution in [0.3, 0.4) is 0 Å². The summed E-state index contributed by atoms with van der Waals surface area (Å²) in [5.41, 5.74) is 2.28. The van der Waals surface area contributed by atoms with Crippen molar-refractivity contribution < 1.29 is 14.6 Å². The maximum atomic E-state index is 9.29. The number of aliphatic hydroxyl groups is 1. The zero-order valence-corrected chi connectivity index (χ0v) is 11.2. The van der Waals surface area contributed by atoms with Crippen molar-refractivity contribution in [3.63, 3.8) is 0 Å². The second-order valence-electron chi connectivity index (χ2n) is 4.23. The molecule has 20 heavy (non-hydrogen) atoms. The third-order valence-corrected chi connectivity index (χ3v) is 2.92. The quantitative estimate of drug-likeness (QED) is 0.906. The van der Waals surface area contributed by atoms with Crippen molar-refractivity contribution in [2.75, 3.05) is 7.11 Å². The summed E-state index contributed by atoms with van der Waals surface area (Å²) in [6, 6.07) is 14.5. The highest BCUT2D eigenvalue weighted by Crippen LogP contribution is 2.25. The second-order valence-corrected chi connectivity index (χ2v) is 4.23. The van der Waals surface area contributed by atoms with Crippen molar-refractivity contribution in [1.29, 1.82) is 5.26 Å². The molecule has 0 bridgehead atoms. The summed E-state index contributed by atoms with van der Waals surface area (Å²) in [5, 5.41) is 18.0. The van der Waals surface area contributed by atoms with Crippen LogP contribution < -0.4 is 9.47 Å². The smallest absolute Gasteiger partial charge is 0.129 e. The predicted octanol–water partition coefficient (Wildman–Crippen LogP) is 2.64. The zero-order valence-electron chi connectivity index (χ0n) is 11.2. The Morgan fingerprint density at radius 3 is 2.50 bits per heavy atom. The molecule has 2 aromatic rings. The highest BCUT2D eigenvalue weighted by Gasteiger charge is 2.05. The van der Waals surface area contributed by atoms with Crippen LogP contribution in [0.15, 0.2) is 42.5 Å². The van der Waals surface area contributed by atoms with Gasteiger partial charge in [0.2, 0.25) is 0 Å². The lowest BCUT2D eigenvalue weighted by Gasteiger charge is -2.11. The average molecular weight is 269 g/mol. The van der Waals surface area contributed by atoms with Crippen molar-refractivity contribution in [2.24, 2.45) is 0 Å². The van der Waals surface area contributed by atoms with Crippen LogP contribution in [0.2, 0.25) is 0 Å². The number of rotatable bonds is 5. The van der Waals surface area contributed by atoms with Crippen LogP contribution in [0.5, 0.6) is 11.5 Å². The van der Waals surface area contributed by atoms with E-state index in [0.717, 1.165) is 5.56 Å². The number of hydrogen-bond donors (Lipinski definition) is 1. The van der Waals surface area contributed by atoms with Gasteiger partial charge in [-0.25, -0.2) is 0 Å². The minimum Gasteiger partial charge on any atom is -0.497 e. The molecular weight excluding hydrogens is 254 g/mol. The number of ether oxygens (including phenoxy) is 2. The van der Waals surface area contributed by atoms with Gasteiger partial charge in [0, 0.05) is 11.6 Å². The van der Waals surface area contributed by atoms with Gasteiger partial charge in [-0.3, -0.25) is 0 Å². The van der Waals surface area contributed by atoms with Gasteiger partial charge < -0.3 is 14.6 Å².